The second-order valence-corrected chi connectivity index (χ2v) is 4.55. The molecule has 1 amide bonds. The Kier molecular flexibility index (Phi) is 2.93. The molecule has 104 valence electrons. The van der Waals surface area contributed by atoms with E-state index in [4.69, 9.17) is 0 Å². The normalized spacial score (nSPS) is 14.2. The van der Waals surface area contributed by atoms with Gasteiger partial charge >= 0.3 is 5.69 Å². The largest absolute Gasteiger partial charge is 0.374 e. The van der Waals surface area contributed by atoms with Gasteiger partial charge in [-0.1, -0.05) is 0 Å². The molecule has 2 aromatic rings. The minimum absolute atomic E-state index is 0.0580. The Hall–Kier alpha value is -2.71. The van der Waals surface area contributed by atoms with E-state index in [1.54, 1.807) is 0 Å². The second-order valence-electron chi connectivity index (χ2n) is 4.55. The van der Waals surface area contributed by atoms with Gasteiger partial charge in [-0.3, -0.25) is 14.9 Å². The molecule has 1 aliphatic rings. The van der Waals surface area contributed by atoms with Gasteiger partial charge in [-0.05, 0) is 29.2 Å². The summed E-state index contributed by atoms with van der Waals surface area (Å²) in [6, 6.07) is 3.07. The minimum Gasteiger partial charge on any atom is -0.374 e. The van der Waals surface area contributed by atoms with Gasteiger partial charge in [0.2, 0.25) is 11.4 Å². The number of benzene rings is 1. The summed E-state index contributed by atoms with van der Waals surface area (Å²) in [6.07, 6.45) is 2.03. The van der Waals surface area contributed by atoms with Crippen LogP contribution >= 0.6 is 0 Å². The second kappa shape index (κ2) is 4.76. The molecular weight excluding hydrogens is 266 g/mol. The van der Waals surface area contributed by atoms with Crippen LogP contribution in [0.5, 0.6) is 0 Å². The molecule has 1 fully saturated rings. The molecule has 2 N–H and O–H groups in total. The Morgan fingerprint density at radius 2 is 2.15 bits per heavy atom. The molecule has 9 nitrogen and oxygen atoms in total. The van der Waals surface area contributed by atoms with E-state index >= 15 is 0 Å². The van der Waals surface area contributed by atoms with Gasteiger partial charge in [0, 0.05) is 12.1 Å². The maximum Gasteiger partial charge on any atom is 0.300 e. The molecule has 0 aliphatic heterocycles. The first-order chi connectivity index (χ1) is 9.65. The molecule has 0 unspecified atom stereocenters. The highest BCUT2D eigenvalue weighted by Gasteiger charge is 2.23. The molecule has 0 atom stereocenters. The summed E-state index contributed by atoms with van der Waals surface area (Å²) in [4.78, 5) is 21.8. The van der Waals surface area contributed by atoms with E-state index in [1.807, 2.05) is 0 Å². The number of non-ortho nitro benzene ring substituents is 1. The van der Waals surface area contributed by atoms with Crippen LogP contribution < -0.4 is 10.6 Å². The van der Waals surface area contributed by atoms with Crippen LogP contribution in [0, 0.1) is 10.1 Å². The first-order valence-corrected chi connectivity index (χ1v) is 6.08. The average molecular weight is 277 g/mol. The first-order valence-electron chi connectivity index (χ1n) is 6.08. The summed E-state index contributed by atoms with van der Waals surface area (Å²) in [5, 5.41) is 23.7. The van der Waals surface area contributed by atoms with Crippen molar-refractivity contribution >= 4 is 28.3 Å². The third kappa shape index (κ3) is 2.37. The average Bonchev–Trinajstić information content (AvgIpc) is 3.08. The fourth-order valence-electron chi connectivity index (χ4n) is 1.83. The smallest absolute Gasteiger partial charge is 0.300 e. The number of hydrogen-bond donors (Lipinski definition) is 2. The monoisotopic (exact) mass is 277 g/mol. The number of nitro groups is 1. The molecular formula is C11H11N5O4. The van der Waals surface area contributed by atoms with E-state index in [1.165, 1.54) is 12.1 Å². The maximum absolute atomic E-state index is 11.6. The van der Waals surface area contributed by atoms with Crippen molar-refractivity contribution < 1.29 is 14.3 Å². The topological polar surface area (TPSA) is 123 Å². The van der Waals surface area contributed by atoms with Gasteiger partial charge in [-0.2, -0.15) is 0 Å². The Morgan fingerprint density at radius 3 is 2.85 bits per heavy atom. The zero-order valence-electron chi connectivity index (χ0n) is 10.3. The fraction of sp³-hybridized carbons (Fsp3) is 0.364. The van der Waals surface area contributed by atoms with Gasteiger partial charge in [-0.25, -0.2) is 4.63 Å². The highest BCUT2D eigenvalue weighted by atomic mass is 16.6. The third-order valence-electron chi connectivity index (χ3n) is 2.97. The lowest BCUT2D eigenvalue weighted by Gasteiger charge is -2.06. The first kappa shape index (κ1) is 12.3. The number of hydrogen-bond acceptors (Lipinski definition) is 7. The van der Waals surface area contributed by atoms with Crippen LogP contribution in [0.15, 0.2) is 16.8 Å². The Balaban J connectivity index is 1.77. The van der Waals surface area contributed by atoms with Crippen molar-refractivity contribution in [3.8, 4) is 0 Å². The number of rotatable bonds is 5. The lowest BCUT2D eigenvalue weighted by molar-refractivity contribution is -0.383. The summed E-state index contributed by atoms with van der Waals surface area (Å²) >= 11 is 0. The summed E-state index contributed by atoms with van der Waals surface area (Å²) in [7, 11) is 0. The van der Waals surface area contributed by atoms with Crippen molar-refractivity contribution in [3.05, 3.63) is 22.2 Å². The van der Waals surface area contributed by atoms with E-state index in [-0.39, 0.29) is 35.2 Å². The van der Waals surface area contributed by atoms with E-state index < -0.39 is 4.92 Å². The zero-order valence-corrected chi connectivity index (χ0v) is 10.3. The quantitative estimate of drug-likeness (QED) is 0.612. The molecule has 1 aromatic heterocycles. The number of fused-ring (bicyclic) bond motifs is 1. The third-order valence-corrected chi connectivity index (χ3v) is 2.97. The highest BCUT2D eigenvalue weighted by molar-refractivity contribution is 5.94. The van der Waals surface area contributed by atoms with Crippen molar-refractivity contribution in [2.75, 3.05) is 11.9 Å². The number of nitrogens with one attached hydrogen (secondary N) is 2. The van der Waals surface area contributed by atoms with Crippen molar-refractivity contribution in [1.82, 2.24) is 15.6 Å². The molecule has 0 saturated heterocycles. The summed E-state index contributed by atoms with van der Waals surface area (Å²) in [5.41, 5.74) is 0.577. The lowest BCUT2D eigenvalue weighted by atomic mass is 10.2. The molecule has 0 bridgehead atoms. The van der Waals surface area contributed by atoms with Crippen molar-refractivity contribution in [1.29, 1.82) is 0 Å². The highest BCUT2D eigenvalue weighted by Crippen LogP contribution is 2.28. The van der Waals surface area contributed by atoms with Crippen LogP contribution in [0.4, 0.5) is 11.4 Å². The number of carbonyl (C=O) groups is 1. The van der Waals surface area contributed by atoms with Crippen molar-refractivity contribution in [3.63, 3.8) is 0 Å². The minimum atomic E-state index is -0.559. The van der Waals surface area contributed by atoms with Crippen LogP contribution in [0.3, 0.4) is 0 Å². The standard InChI is InChI=1S/C11H11N5O4/c17-9(13-6-1-2-6)5-12-7-3-4-8(16(18)19)11-10(7)14-20-15-11/h3-4,6,12H,1-2,5H2,(H,13,17). The van der Waals surface area contributed by atoms with E-state index in [0.717, 1.165) is 12.8 Å². The molecule has 1 aromatic carbocycles. The van der Waals surface area contributed by atoms with Gasteiger partial charge in [-0.15, -0.1) is 0 Å². The zero-order chi connectivity index (χ0) is 14.1. The molecule has 0 radical (unpaired) electrons. The van der Waals surface area contributed by atoms with Gasteiger partial charge in [0.1, 0.15) is 0 Å². The molecule has 3 rings (SSSR count). The molecule has 1 aliphatic carbocycles. The number of amides is 1. The number of carbonyl (C=O) groups excluding carboxylic acids is 1. The van der Waals surface area contributed by atoms with Crippen molar-refractivity contribution in [2.24, 2.45) is 0 Å². The predicted octanol–water partition coefficient (Wildman–Crippen LogP) is 0.821. The fourth-order valence-corrected chi connectivity index (χ4v) is 1.83. The van der Waals surface area contributed by atoms with Crippen LogP contribution in [-0.4, -0.2) is 33.7 Å². The molecule has 0 spiro atoms. The van der Waals surface area contributed by atoms with Crippen molar-refractivity contribution in [2.45, 2.75) is 18.9 Å². The van der Waals surface area contributed by atoms with Gasteiger partial charge in [0.15, 0.2) is 5.52 Å². The van der Waals surface area contributed by atoms with E-state index in [0.29, 0.717) is 5.69 Å². The van der Waals surface area contributed by atoms with E-state index in [9.17, 15) is 14.9 Å². The Bertz CT molecular complexity index is 679. The van der Waals surface area contributed by atoms with Gasteiger partial charge in [0.25, 0.3) is 0 Å². The molecule has 20 heavy (non-hydrogen) atoms. The molecule has 1 saturated carbocycles. The summed E-state index contributed by atoms with van der Waals surface area (Å²) in [5.74, 6) is -0.129. The molecule has 1 heterocycles. The lowest BCUT2D eigenvalue weighted by Crippen LogP contribution is -2.31. The Morgan fingerprint density at radius 1 is 1.40 bits per heavy atom. The number of aromatic nitrogens is 2. The van der Waals surface area contributed by atoms with Gasteiger partial charge < -0.3 is 10.6 Å². The summed E-state index contributed by atoms with van der Waals surface area (Å²) in [6.45, 7) is 0.0657. The van der Waals surface area contributed by atoms with Crippen LogP contribution in [0.2, 0.25) is 0 Å². The van der Waals surface area contributed by atoms with Crippen LogP contribution in [0.1, 0.15) is 12.8 Å². The van der Waals surface area contributed by atoms with E-state index in [2.05, 4.69) is 25.6 Å². The number of nitro benzene ring substituents is 1. The molecule has 9 heteroatoms. The van der Waals surface area contributed by atoms with Crippen LogP contribution in [-0.2, 0) is 4.79 Å². The van der Waals surface area contributed by atoms with Crippen LogP contribution in [0.25, 0.3) is 11.0 Å². The van der Waals surface area contributed by atoms with Gasteiger partial charge in [0.05, 0.1) is 17.2 Å². The number of anilines is 1. The number of nitrogens with zero attached hydrogens (tertiary/aromatic N) is 3. The maximum atomic E-state index is 11.6. The SMILES string of the molecule is O=C(CNc1ccc([N+](=O)[O-])c2nonc12)NC1CC1. The predicted molar refractivity (Wildman–Crippen MR) is 68.1 cm³/mol. The summed E-state index contributed by atoms with van der Waals surface area (Å²) < 4.78 is 4.53. The Labute approximate surface area is 112 Å².